The molecule has 0 radical (unpaired) electrons. The molecule has 0 spiro atoms. The van der Waals surface area contributed by atoms with E-state index in [1.54, 1.807) is 14.2 Å². The summed E-state index contributed by atoms with van der Waals surface area (Å²) in [5.74, 6) is 1.35. The number of ether oxygens (including phenoxy) is 2. The summed E-state index contributed by atoms with van der Waals surface area (Å²) in [7, 11) is 3.37. The third-order valence-electron chi connectivity index (χ3n) is 7.29. The van der Waals surface area contributed by atoms with Gasteiger partial charge >= 0.3 is 0 Å². The van der Waals surface area contributed by atoms with E-state index in [4.69, 9.17) is 9.47 Å². The Kier molecular flexibility index (Phi) is 9.92. The molecule has 3 aromatic carbocycles. The first-order valence-corrected chi connectivity index (χ1v) is 13.2. The number of rotatable bonds is 12. The zero-order chi connectivity index (χ0) is 26.0. The first kappa shape index (κ1) is 27.1. The molecule has 198 valence electrons. The van der Waals surface area contributed by atoms with Crippen molar-refractivity contribution < 1.29 is 18.3 Å². The van der Waals surface area contributed by atoms with Gasteiger partial charge in [-0.3, -0.25) is 4.90 Å². The molecule has 0 bridgehead atoms. The minimum absolute atomic E-state index is 0.153. The van der Waals surface area contributed by atoms with Gasteiger partial charge in [0, 0.05) is 44.7 Å². The van der Waals surface area contributed by atoms with Crippen LogP contribution >= 0.6 is 0 Å². The van der Waals surface area contributed by atoms with Crippen LogP contribution < -0.4 is 9.47 Å². The Morgan fingerprint density at radius 2 is 1.19 bits per heavy atom. The summed E-state index contributed by atoms with van der Waals surface area (Å²) in [6.07, 6.45) is 4.35. The minimum atomic E-state index is -0.232. The highest BCUT2D eigenvalue weighted by atomic mass is 19.1. The topological polar surface area (TPSA) is 24.9 Å². The molecule has 0 aromatic heterocycles. The highest BCUT2D eigenvalue weighted by molar-refractivity contribution is 5.38. The molecule has 3 aromatic rings. The number of unbranched alkanes of at least 4 members (excludes halogenated alkanes) is 2. The van der Waals surface area contributed by atoms with Gasteiger partial charge in [-0.05, 0) is 72.5 Å². The summed E-state index contributed by atoms with van der Waals surface area (Å²) >= 11 is 0. The second-order valence-corrected chi connectivity index (χ2v) is 9.84. The van der Waals surface area contributed by atoms with E-state index < -0.39 is 0 Å². The average Bonchev–Trinajstić information content (AvgIpc) is 2.92. The summed E-state index contributed by atoms with van der Waals surface area (Å²) in [6.45, 7) is 6.27. The van der Waals surface area contributed by atoms with E-state index in [0.29, 0.717) is 0 Å². The lowest BCUT2D eigenvalue weighted by molar-refractivity contribution is 0.125. The lowest BCUT2D eigenvalue weighted by atomic mass is 9.87. The van der Waals surface area contributed by atoms with Crippen LogP contribution in [0.15, 0.2) is 66.7 Å². The van der Waals surface area contributed by atoms with Crippen LogP contribution in [-0.4, -0.2) is 56.7 Å². The van der Waals surface area contributed by atoms with Gasteiger partial charge in [0.2, 0.25) is 0 Å². The molecule has 1 fully saturated rings. The normalized spacial score (nSPS) is 14.7. The van der Waals surface area contributed by atoms with Gasteiger partial charge in [-0.2, -0.15) is 0 Å². The molecule has 4 nitrogen and oxygen atoms in total. The SMILES string of the molecule is COc1cc(CN2CCN(CCCCCC(c3ccc(F)cc3)c3ccc(F)cc3)CC2)cc(OC)c1. The van der Waals surface area contributed by atoms with Crippen molar-refractivity contribution in [2.24, 2.45) is 0 Å². The Bertz CT molecular complexity index is 1030. The molecule has 0 atom stereocenters. The summed E-state index contributed by atoms with van der Waals surface area (Å²) in [5.41, 5.74) is 3.37. The number of benzene rings is 3. The van der Waals surface area contributed by atoms with Crippen LogP contribution in [0.4, 0.5) is 8.78 Å². The maximum absolute atomic E-state index is 13.5. The maximum atomic E-state index is 13.5. The number of nitrogens with zero attached hydrogens (tertiary/aromatic N) is 2. The summed E-state index contributed by atoms with van der Waals surface area (Å²) in [5, 5.41) is 0. The van der Waals surface area contributed by atoms with Gasteiger partial charge in [-0.1, -0.05) is 37.1 Å². The van der Waals surface area contributed by atoms with Crippen molar-refractivity contribution in [1.29, 1.82) is 0 Å². The van der Waals surface area contributed by atoms with E-state index in [1.165, 1.54) is 29.8 Å². The van der Waals surface area contributed by atoms with Crippen LogP contribution in [0.5, 0.6) is 11.5 Å². The number of methoxy groups -OCH3 is 2. The Morgan fingerprint density at radius 1 is 0.676 bits per heavy atom. The minimum Gasteiger partial charge on any atom is -0.497 e. The quantitative estimate of drug-likeness (QED) is 0.261. The fraction of sp³-hybridized carbons (Fsp3) is 0.419. The summed E-state index contributed by atoms with van der Waals surface area (Å²) in [6, 6.07) is 19.5. The molecule has 0 unspecified atom stereocenters. The lowest BCUT2D eigenvalue weighted by Crippen LogP contribution is -2.46. The average molecular weight is 509 g/mol. The van der Waals surface area contributed by atoms with Gasteiger partial charge in [0.1, 0.15) is 23.1 Å². The van der Waals surface area contributed by atoms with Crippen molar-refractivity contribution in [3.8, 4) is 11.5 Å². The predicted molar refractivity (Wildman–Crippen MR) is 144 cm³/mol. The maximum Gasteiger partial charge on any atom is 0.123 e. The van der Waals surface area contributed by atoms with E-state index >= 15 is 0 Å². The molecule has 1 aliphatic rings. The van der Waals surface area contributed by atoms with Crippen LogP contribution in [0, 0.1) is 11.6 Å². The Morgan fingerprint density at radius 3 is 1.70 bits per heavy atom. The highest BCUT2D eigenvalue weighted by Gasteiger charge is 2.18. The van der Waals surface area contributed by atoms with Crippen LogP contribution in [0.3, 0.4) is 0 Å². The number of halogens is 2. The number of hydrogen-bond donors (Lipinski definition) is 0. The van der Waals surface area contributed by atoms with Gasteiger partial charge in [-0.25, -0.2) is 8.78 Å². The molecule has 0 amide bonds. The number of piperazine rings is 1. The molecule has 1 aliphatic heterocycles. The van der Waals surface area contributed by atoms with Crippen molar-refractivity contribution in [2.75, 3.05) is 46.9 Å². The predicted octanol–water partition coefficient (Wildman–Crippen LogP) is 6.49. The molecule has 4 rings (SSSR count). The second kappa shape index (κ2) is 13.5. The molecule has 1 heterocycles. The Labute approximate surface area is 219 Å². The largest absolute Gasteiger partial charge is 0.497 e. The van der Waals surface area contributed by atoms with E-state index in [2.05, 4.69) is 21.9 Å². The molecule has 0 aliphatic carbocycles. The highest BCUT2D eigenvalue weighted by Crippen LogP contribution is 2.30. The zero-order valence-corrected chi connectivity index (χ0v) is 22.0. The van der Waals surface area contributed by atoms with Gasteiger partial charge in [0.15, 0.2) is 0 Å². The van der Waals surface area contributed by atoms with Crippen molar-refractivity contribution in [1.82, 2.24) is 9.80 Å². The van der Waals surface area contributed by atoms with Gasteiger partial charge < -0.3 is 14.4 Å². The fourth-order valence-electron chi connectivity index (χ4n) is 5.16. The first-order chi connectivity index (χ1) is 18.0. The van der Waals surface area contributed by atoms with Crippen molar-refractivity contribution >= 4 is 0 Å². The van der Waals surface area contributed by atoms with Gasteiger partial charge in [-0.15, -0.1) is 0 Å². The second-order valence-electron chi connectivity index (χ2n) is 9.84. The molecule has 0 saturated carbocycles. The van der Waals surface area contributed by atoms with Crippen molar-refractivity contribution in [2.45, 2.75) is 38.1 Å². The third kappa shape index (κ3) is 8.01. The lowest BCUT2D eigenvalue weighted by Gasteiger charge is -2.34. The summed E-state index contributed by atoms with van der Waals surface area (Å²) < 4.78 is 37.7. The third-order valence-corrected chi connectivity index (χ3v) is 7.29. The molecule has 6 heteroatoms. The van der Waals surface area contributed by atoms with E-state index in [1.807, 2.05) is 30.3 Å². The van der Waals surface area contributed by atoms with Crippen LogP contribution in [0.25, 0.3) is 0 Å². The molecule has 37 heavy (non-hydrogen) atoms. The fourth-order valence-corrected chi connectivity index (χ4v) is 5.16. The van der Waals surface area contributed by atoms with E-state index in [-0.39, 0.29) is 17.6 Å². The zero-order valence-electron chi connectivity index (χ0n) is 22.0. The number of hydrogen-bond acceptors (Lipinski definition) is 4. The van der Waals surface area contributed by atoms with Crippen molar-refractivity contribution in [3.63, 3.8) is 0 Å². The van der Waals surface area contributed by atoms with Crippen LogP contribution in [-0.2, 0) is 6.54 Å². The standard InChI is InChI=1S/C31H38F2N2O2/c1-36-29-20-24(21-30(22-29)37-2)23-35-18-16-34(17-19-35)15-5-3-4-6-31(25-7-11-27(32)12-8-25)26-9-13-28(33)14-10-26/h7-14,20-22,31H,3-6,15-19,23H2,1-2H3. The van der Waals surface area contributed by atoms with Crippen molar-refractivity contribution in [3.05, 3.63) is 95.1 Å². The molecular formula is C31H38F2N2O2. The monoisotopic (exact) mass is 508 g/mol. The molecular weight excluding hydrogens is 470 g/mol. The molecule has 1 saturated heterocycles. The Balaban J connectivity index is 1.20. The molecule has 0 N–H and O–H groups in total. The van der Waals surface area contributed by atoms with Gasteiger partial charge in [0.05, 0.1) is 14.2 Å². The van der Waals surface area contributed by atoms with Crippen LogP contribution in [0.2, 0.25) is 0 Å². The van der Waals surface area contributed by atoms with E-state index in [0.717, 1.165) is 87.6 Å². The smallest absolute Gasteiger partial charge is 0.123 e. The Hall–Kier alpha value is -2.96. The van der Waals surface area contributed by atoms with Gasteiger partial charge in [0.25, 0.3) is 0 Å². The summed E-state index contributed by atoms with van der Waals surface area (Å²) in [4.78, 5) is 5.04. The van der Waals surface area contributed by atoms with Crippen LogP contribution in [0.1, 0.15) is 48.3 Å². The first-order valence-electron chi connectivity index (χ1n) is 13.2. The van der Waals surface area contributed by atoms with E-state index in [9.17, 15) is 8.78 Å².